The second-order valence-corrected chi connectivity index (χ2v) is 11.8. The fourth-order valence-corrected chi connectivity index (χ4v) is 9.07. The van der Waals surface area contributed by atoms with E-state index in [1.54, 1.807) is 0 Å². The van der Waals surface area contributed by atoms with Crippen LogP contribution in [0, 0.1) is 34.5 Å². The molecule has 166 valence electrons. The summed E-state index contributed by atoms with van der Waals surface area (Å²) in [7, 11) is 0. The second-order valence-electron chi connectivity index (χ2n) is 11.8. The SMILES string of the molecule is C[C@]12CC[C@H](O)C[C@@H]1CC[C@@H]1[C@@H]2CC[C@]2(C)[C@@H](c3ccc4nc(N)ncc4c3)CC[C@@H]12. The lowest BCUT2D eigenvalue weighted by molar-refractivity contribution is -0.122. The Bertz CT molecular complexity index is 1010. The van der Waals surface area contributed by atoms with Gasteiger partial charge < -0.3 is 10.8 Å². The van der Waals surface area contributed by atoms with E-state index in [0.29, 0.717) is 22.7 Å². The molecule has 4 heteroatoms. The Kier molecular flexibility index (Phi) is 4.45. The number of rotatable bonds is 1. The third-order valence-corrected chi connectivity index (χ3v) is 10.7. The molecule has 1 aromatic heterocycles. The lowest BCUT2D eigenvalue weighted by Gasteiger charge is -2.61. The van der Waals surface area contributed by atoms with Crippen LogP contribution >= 0.6 is 0 Å². The van der Waals surface area contributed by atoms with Gasteiger partial charge in [0.2, 0.25) is 5.95 Å². The predicted octanol–water partition coefficient (Wildman–Crippen LogP) is 5.70. The first-order valence-corrected chi connectivity index (χ1v) is 12.6. The smallest absolute Gasteiger partial charge is 0.220 e. The summed E-state index contributed by atoms with van der Waals surface area (Å²) in [6.45, 7) is 5.19. The van der Waals surface area contributed by atoms with Crippen molar-refractivity contribution in [2.24, 2.45) is 34.5 Å². The van der Waals surface area contributed by atoms with Crippen LogP contribution in [-0.2, 0) is 0 Å². The summed E-state index contributed by atoms with van der Waals surface area (Å²) in [4.78, 5) is 8.62. The van der Waals surface area contributed by atoms with Gasteiger partial charge in [0.25, 0.3) is 0 Å². The number of aliphatic hydroxyl groups is 1. The average Bonchev–Trinajstić information content (AvgIpc) is 3.11. The van der Waals surface area contributed by atoms with Crippen LogP contribution in [0.2, 0.25) is 0 Å². The molecule has 0 saturated heterocycles. The molecule has 0 amide bonds. The number of nitrogen functional groups attached to an aromatic ring is 1. The van der Waals surface area contributed by atoms with E-state index < -0.39 is 0 Å². The van der Waals surface area contributed by atoms with Gasteiger partial charge >= 0.3 is 0 Å². The van der Waals surface area contributed by atoms with Gasteiger partial charge in [-0.25, -0.2) is 9.97 Å². The first-order chi connectivity index (χ1) is 14.9. The van der Waals surface area contributed by atoms with Crippen LogP contribution in [0.1, 0.15) is 83.1 Å². The van der Waals surface area contributed by atoms with Crippen molar-refractivity contribution in [3.05, 3.63) is 30.0 Å². The minimum Gasteiger partial charge on any atom is -0.393 e. The summed E-state index contributed by atoms with van der Waals surface area (Å²) < 4.78 is 0. The van der Waals surface area contributed by atoms with Gasteiger partial charge in [-0.1, -0.05) is 19.9 Å². The van der Waals surface area contributed by atoms with Gasteiger partial charge in [-0.3, -0.25) is 0 Å². The third kappa shape index (κ3) is 2.90. The quantitative estimate of drug-likeness (QED) is 0.622. The molecule has 2 aromatic rings. The van der Waals surface area contributed by atoms with Crippen molar-refractivity contribution in [1.82, 2.24) is 9.97 Å². The van der Waals surface area contributed by atoms with Crippen molar-refractivity contribution in [2.75, 3.05) is 5.73 Å². The monoisotopic (exact) mass is 419 g/mol. The molecule has 3 N–H and O–H groups in total. The lowest BCUT2D eigenvalue weighted by atomic mass is 9.44. The molecule has 0 spiro atoms. The van der Waals surface area contributed by atoms with Gasteiger partial charge in [-0.05, 0) is 116 Å². The van der Waals surface area contributed by atoms with Gasteiger partial charge in [0, 0.05) is 11.6 Å². The zero-order chi connectivity index (χ0) is 21.4. The molecule has 0 radical (unpaired) electrons. The standard InChI is InChI=1S/C27H37N3O/c1-26-11-9-19(31)14-18(26)4-5-20-22-7-6-21(27(22,2)12-10-23(20)26)16-3-8-24-17(13-16)15-29-25(28)30-24/h3,8,13,15,18-23,31H,4-7,9-12,14H2,1-2H3,(H2,28,29,30)/t18-,19-,20-,21+,22-,23-,26-,27+/m0/s1. The minimum atomic E-state index is -0.0495. The van der Waals surface area contributed by atoms with E-state index in [4.69, 9.17) is 5.73 Å². The summed E-state index contributed by atoms with van der Waals surface area (Å²) >= 11 is 0. The van der Waals surface area contributed by atoms with Crippen LogP contribution in [0.5, 0.6) is 0 Å². The Balaban J connectivity index is 1.30. The van der Waals surface area contributed by atoms with Crippen molar-refractivity contribution < 1.29 is 5.11 Å². The maximum Gasteiger partial charge on any atom is 0.220 e. The summed E-state index contributed by atoms with van der Waals surface area (Å²) in [5.41, 5.74) is 9.07. The fraction of sp³-hybridized carbons (Fsp3) is 0.704. The Hall–Kier alpha value is -1.68. The topological polar surface area (TPSA) is 72.0 Å². The first kappa shape index (κ1) is 20.0. The van der Waals surface area contributed by atoms with Crippen LogP contribution in [0.15, 0.2) is 24.4 Å². The van der Waals surface area contributed by atoms with Gasteiger partial charge in [0.05, 0.1) is 11.6 Å². The molecule has 6 rings (SSSR count). The van der Waals surface area contributed by atoms with Gasteiger partial charge in [-0.15, -0.1) is 0 Å². The average molecular weight is 420 g/mol. The maximum atomic E-state index is 10.3. The van der Waals surface area contributed by atoms with Crippen molar-refractivity contribution >= 4 is 16.9 Å². The highest BCUT2D eigenvalue weighted by Gasteiger charge is 2.60. The van der Waals surface area contributed by atoms with Gasteiger partial charge in [0.15, 0.2) is 0 Å². The molecule has 4 fully saturated rings. The molecule has 1 heterocycles. The Morgan fingerprint density at radius 2 is 1.77 bits per heavy atom. The largest absolute Gasteiger partial charge is 0.393 e. The number of nitrogens with zero attached hydrogens (tertiary/aromatic N) is 2. The molecule has 4 aliphatic rings. The van der Waals surface area contributed by atoms with E-state index in [9.17, 15) is 5.11 Å². The highest BCUT2D eigenvalue weighted by Crippen LogP contribution is 2.69. The van der Waals surface area contributed by atoms with E-state index in [-0.39, 0.29) is 6.10 Å². The highest BCUT2D eigenvalue weighted by molar-refractivity contribution is 5.79. The van der Waals surface area contributed by atoms with Crippen molar-refractivity contribution in [3.63, 3.8) is 0 Å². The zero-order valence-corrected chi connectivity index (χ0v) is 19.1. The fourth-order valence-electron chi connectivity index (χ4n) is 9.07. The molecule has 0 bridgehead atoms. The molecule has 4 aliphatic carbocycles. The number of hydrogen-bond donors (Lipinski definition) is 2. The molecule has 4 nitrogen and oxygen atoms in total. The van der Waals surface area contributed by atoms with Gasteiger partial charge in [-0.2, -0.15) is 0 Å². The van der Waals surface area contributed by atoms with E-state index >= 15 is 0 Å². The number of benzene rings is 1. The second kappa shape index (κ2) is 6.91. The summed E-state index contributed by atoms with van der Waals surface area (Å²) in [6, 6.07) is 6.78. The van der Waals surface area contributed by atoms with E-state index in [1.165, 1.54) is 50.5 Å². The van der Waals surface area contributed by atoms with Crippen molar-refractivity contribution in [1.29, 1.82) is 0 Å². The Morgan fingerprint density at radius 3 is 2.65 bits per heavy atom. The molecular weight excluding hydrogens is 382 g/mol. The zero-order valence-electron chi connectivity index (χ0n) is 19.1. The van der Waals surface area contributed by atoms with Gasteiger partial charge in [0.1, 0.15) is 0 Å². The number of fused-ring (bicyclic) bond motifs is 6. The number of aliphatic hydroxyl groups excluding tert-OH is 1. The number of aromatic nitrogens is 2. The number of anilines is 1. The third-order valence-electron chi connectivity index (χ3n) is 10.7. The Morgan fingerprint density at radius 1 is 0.968 bits per heavy atom. The van der Waals surface area contributed by atoms with Crippen LogP contribution in [0.25, 0.3) is 10.9 Å². The number of nitrogens with two attached hydrogens (primary N) is 1. The number of hydrogen-bond acceptors (Lipinski definition) is 4. The molecule has 31 heavy (non-hydrogen) atoms. The van der Waals surface area contributed by atoms with Crippen molar-refractivity contribution in [2.45, 2.75) is 83.7 Å². The lowest BCUT2D eigenvalue weighted by Crippen LogP contribution is -2.53. The summed E-state index contributed by atoms with van der Waals surface area (Å²) in [5.74, 6) is 4.32. The molecule has 0 unspecified atom stereocenters. The minimum absolute atomic E-state index is 0.0495. The first-order valence-electron chi connectivity index (χ1n) is 12.6. The molecule has 0 aliphatic heterocycles. The van der Waals surface area contributed by atoms with Crippen molar-refractivity contribution in [3.8, 4) is 0 Å². The summed E-state index contributed by atoms with van der Waals surface area (Å²) in [5, 5.41) is 11.4. The van der Waals surface area contributed by atoms with Crippen LogP contribution in [0.4, 0.5) is 5.95 Å². The van der Waals surface area contributed by atoms with Crippen LogP contribution in [-0.4, -0.2) is 21.2 Å². The Labute approximate surface area is 186 Å². The predicted molar refractivity (Wildman–Crippen MR) is 124 cm³/mol. The molecule has 8 atom stereocenters. The maximum absolute atomic E-state index is 10.3. The summed E-state index contributed by atoms with van der Waals surface area (Å²) in [6.07, 6.45) is 13.3. The molecule has 4 saturated carbocycles. The van der Waals surface area contributed by atoms with Crippen LogP contribution < -0.4 is 5.73 Å². The van der Waals surface area contributed by atoms with E-state index in [0.717, 1.165) is 47.4 Å². The van der Waals surface area contributed by atoms with E-state index in [2.05, 4.69) is 42.0 Å². The highest BCUT2D eigenvalue weighted by atomic mass is 16.3. The molecule has 1 aromatic carbocycles. The van der Waals surface area contributed by atoms with Crippen LogP contribution in [0.3, 0.4) is 0 Å². The normalized spacial score (nSPS) is 44.5. The van der Waals surface area contributed by atoms with E-state index in [1.807, 2.05) is 6.20 Å². The molecular formula is C27H37N3O.